The van der Waals surface area contributed by atoms with Gasteiger partial charge in [-0.05, 0) is 41.8 Å². The number of aliphatic hydroxyl groups is 1. The highest BCUT2D eigenvalue weighted by Crippen LogP contribution is 2.29. The van der Waals surface area contributed by atoms with Crippen molar-refractivity contribution in [3.63, 3.8) is 0 Å². The zero-order valence-corrected chi connectivity index (χ0v) is 9.33. The third-order valence-electron chi connectivity index (χ3n) is 2.44. The molecule has 1 aromatic carbocycles. The van der Waals surface area contributed by atoms with E-state index in [1.54, 1.807) is 19.1 Å². The molecule has 0 bridgehead atoms. The lowest BCUT2D eigenvalue weighted by Gasteiger charge is -2.10. The Balaban J connectivity index is 2.38. The molecular formula is C12H10ClFO2. The second-order valence-electron chi connectivity index (χ2n) is 3.56. The van der Waals surface area contributed by atoms with Gasteiger partial charge < -0.3 is 9.52 Å². The molecule has 1 heterocycles. The number of aliphatic hydroxyl groups excluding tert-OH is 1. The Morgan fingerprint density at radius 1 is 1.38 bits per heavy atom. The number of hydrogen-bond donors (Lipinski definition) is 1. The van der Waals surface area contributed by atoms with Gasteiger partial charge in [-0.2, -0.15) is 0 Å². The van der Waals surface area contributed by atoms with Crippen LogP contribution < -0.4 is 0 Å². The molecular weight excluding hydrogens is 231 g/mol. The summed E-state index contributed by atoms with van der Waals surface area (Å²) < 4.78 is 18.0. The minimum absolute atomic E-state index is 0.148. The highest BCUT2D eigenvalue weighted by atomic mass is 35.5. The Bertz CT molecular complexity index is 507. The lowest BCUT2D eigenvalue weighted by atomic mass is 10.0. The van der Waals surface area contributed by atoms with Crippen molar-refractivity contribution < 1.29 is 13.9 Å². The van der Waals surface area contributed by atoms with E-state index < -0.39 is 6.10 Å². The van der Waals surface area contributed by atoms with Gasteiger partial charge in [-0.15, -0.1) is 0 Å². The Morgan fingerprint density at radius 2 is 2.12 bits per heavy atom. The first-order valence-corrected chi connectivity index (χ1v) is 5.14. The molecule has 0 amide bonds. The van der Waals surface area contributed by atoms with Crippen molar-refractivity contribution in [1.82, 2.24) is 0 Å². The Morgan fingerprint density at radius 3 is 2.69 bits per heavy atom. The summed E-state index contributed by atoms with van der Waals surface area (Å²) in [5, 5.41) is 10.2. The van der Waals surface area contributed by atoms with Crippen molar-refractivity contribution in [2.75, 3.05) is 0 Å². The van der Waals surface area contributed by atoms with Gasteiger partial charge in [0.05, 0.1) is 6.26 Å². The zero-order chi connectivity index (χ0) is 11.7. The SMILES string of the molecule is Cc1cc(C(O)c2ccoc2Cl)ccc1F. The highest BCUT2D eigenvalue weighted by Gasteiger charge is 2.16. The molecule has 1 N–H and O–H groups in total. The van der Waals surface area contributed by atoms with E-state index in [0.29, 0.717) is 16.7 Å². The lowest BCUT2D eigenvalue weighted by molar-refractivity contribution is 0.219. The summed E-state index contributed by atoms with van der Waals surface area (Å²) >= 11 is 5.75. The van der Waals surface area contributed by atoms with Crippen LogP contribution in [0.1, 0.15) is 22.8 Å². The van der Waals surface area contributed by atoms with E-state index in [0.717, 1.165) is 0 Å². The van der Waals surface area contributed by atoms with Crippen molar-refractivity contribution in [3.05, 3.63) is 58.3 Å². The largest absolute Gasteiger partial charge is 0.453 e. The number of rotatable bonds is 2. The number of benzene rings is 1. The van der Waals surface area contributed by atoms with Crippen LogP contribution in [0.25, 0.3) is 0 Å². The van der Waals surface area contributed by atoms with Gasteiger partial charge in [-0.3, -0.25) is 0 Å². The first-order chi connectivity index (χ1) is 7.59. The lowest BCUT2D eigenvalue weighted by Crippen LogP contribution is -1.99. The molecule has 0 aliphatic heterocycles. The molecule has 2 aromatic rings. The van der Waals surface area contributed by atoms with Crippen LogP contribution in [0, 0.1) is 12.7 Å². The summed E-state index contributed by atoms with van der Waals surface area (Å²) in [7, 11) is 0. The first-order valence-electron chi connectivity index (χ1n) is 4.76. The van der Waals surface area contributed by atoms with Gasteiger partial charge in [-0.25, -0.2) is 4.39 Å². The van der Waals surface area contributed by atoms with E-state index in [1.165, 1.54) is 18.4 Å². The maximum atomic E-state index is 13.1. The van der Waals surface area contributed by atoms with E-state index in [1.807, 2.05) is 0 Å². The summed E-state index contributed by atoms with van der Waals surface area (Å²) in [6, 6.07) is 6.02. The van der Waals surface area contributed by atoms with Crippen LogP contribution in [0.3, 0.4) is 0 Å². The standard InChI is InChI=1S/C12H10ClFO2/c1-7-6-8(2-3-10(7)14)11(15)9-4-5-16-12(9)13/h2-6,11,15H,1H3. The van der Waals surface area contributed by atoms with Crippen molar-refractivity contribution in [3.8, 4) is 0 Å². The average molecular weight is 241 g/mol. The first kappa shape index (κ1) is 11.2. The summed E-state index contributed by atoms with van der Waals surface area (Å²) in [6.07, 6.45) is 0.502. The summed E-state index contributed by atoms with van der Waals surface area (Å²) in [4.78, 5) is 0. The monoisotopic (exact) mass is 240 g/mol. The minimum atomic E-state index is -0.898. The summed E-state index contributed by atoms with van der Waals surface area (Å²) in [6.45, 7) is 1.64. The van der Waals surface area contributed by atoms with Crippen LogP contribution in [0.4, 0.5) is 4.39 Å². The Labute approximate surface area is 97.3 Å². The van der Waals surface area contributed by atoms with Crippen molar-refractivity contribution in [1.29, 1.82) is 0 Å². The van der Waals surface area contributed by atoms with Crippen LogP contribution >= 0.6 is 11.6 Å². The number of halogens is 2. The van der Waals surface area contributed by atoms with E-state index in [4.69, 9.17) is 16.0 Å². The topological polar surface area (TPSA) is 33.4 Å². The summed E-state index contributed by atoms with van der Waals surface area (Å²) in [5.41, 5.74) is 1.55. The normalized spacial score (nSPS) is 12.8. The van der Waals surface area contributed by atoms with Crippen LogP contribution in [-0.4, -0.2) is 5.11 Å². The van der Waals surface area contributed by atoms with Crippen molar-refractivity contribution in [2.24, 2.45) is 0 Å². The third kappa shape index (κ3) is 1.96. The third-order valence-corrected chi connectivity index (χ3v) is 2.75. The average Bonchev–Trinajstić information content (AvgIpc) is 2.67. The second-order valence-corrected chi connectivity index (χ2v) is 3.90. The molecule has 1 aromatic heterocycles. The molecule has 16 heavy (non-hydrogen) atoms. The molecule has 0 radical (unpaired) electrons. The molecule has 0 spiro atoms. The van der Waals surface area contributed by atoms with Gasteiger partial charge in [0.2, 0.25) is 0 Å². The molecule has 1 atom stereocenters. The summed E-state index contributed by atoms with van der Waals surface area (Å²) in [5.74, 6) is -0.297. The molecule has 0 aliphatic rings. The number of hydrogen-bond acceptors (Lipinski definition) is 2. The van der Waals surface area contributed by atoms with Gasteiger partial charge in [0.15, 0.2) is 5.22 Å². The quantitative estimate of drug-likeness (QED) is 0.872. The fourth-order valence-electron chi connectivity index (χ4n) is 1.52. The van der Waals surface area contributed by atoms with Crippen LogP contribution in [0.15, 0.2) is 34.9 Å². The molecule has 84 valence electrons. The Kier molecular flexibility index (Phi) is 2.99. The van der Waals surface area contributed by atoms with Gasteiger partial charge in [0.1, 0.15) is 11.9 Å². The van der Waals surface area contributed by atoms with Gasteiger partial charge in [-0.1, -0.05) is 12.1 Å². The van der Waals surface area contributed by atoms with Crippen LogP contribution in [0.2, 0.25) is 5.22 Å². The van der Waals surface area contributed by atoms with Crippen LogP contribution in [-0.2, 0) is 0 Å². The van der Waals surface area contributed by atoms with Gasteiger partial charge in [0, 0.05) is 5.56 Å². The fourth-order valence-corrected chi connectivity index (χ4v) is 1.73. The molecule has 0 aliphatic carbocycles. The Hall–Kier alpha value is -1.32. The van der Waals surface area contributed by atoms with E-state index in [-0.39, 0.29) is 11.0 Å². The number of aryl methyl sites for hydroxylation is 1. The maximum absolute atomic E-state index is 13.1. The minimum Gasteiger partial charge on any atom is -0.453 e. The van der Waals surface area contributed by atoms with Crippen molar-refractivity contribution >= 4 is 11.6 Å². The predicted molar refractivity (Wildman–Crippen MR) is 58.9 cm³/mol. The predicted octanol–water partition coefficient (Wildman–Crippen LogP) is 3.46. The molecule has 0 fully saturated rings. The molecule has 4 heteroatoms. The van der Waals surface area contributed by atoms with Crippen molar-refractivity contribution in [2.45, 2.75) is 13.0 Å². The smallest absolute Gasteiger partial charge is 0.199 e. The highest BCUT2D eigenvalue weighted by molar-refractivity contribution is 6.29. The second kappa shape index (κ2) is 4.28. The fraction of sp³-hybridized carbons (Fsp3) is 0.167. The van der Waals surface area contributed by atoms with Crippen LogP contribution in [0.5, 0.6) is 0 Å². The zero-order valence-electron chi connectivity index (χ0n) is 8.58. The van der Waals surface area contributed by atoms with E-state index in [2.05, 4.69) is 0 Å². The van der Waals surface area contributed by atoms with Gasteiger partial charge in [0.25, 0.3) is 0 Å². The molecule has 1 unspecified atom stereocenters. The molecule has 0 saturated carbocycles. The maximum Gasteiger partial charge on any atom is 0.199 e. The molecule has 0 saturated heterocycles. The molecule has 2 nitrogen and oxygen atoms in total. The van der Waals surface area contributed by atoms with Gasteiger partial charge >= 0.3 is 0 Å². The van der Waals surface area contributed by atoms with E-state index in [9.17, 15) is 9.50 Å². The number of furan rings is 1. The van der Waals surface area contributed by atoms with E-state index >= 15 is 0 Å². The molecule has 2 rings (SSSR count).